The van der Waals surface area contributed by atoms with E-state index in [4.69, 9.17) is 11.6 Å². The third-order valence-corrected chi connectivity index (χ3v) is 3.17. The molecule has 0 aliphatic heterocycles. The molecule has 106 valence electrons. The summed E-state index contributed by atoms with van der Waals surface area (Å²) in [5.74, 6) is -0.249. The molecule has 1 aromatic carbocycles. The van der Waals surface area contributed by atoms with Gasteiger partial charge in [-0.1, -0.05) is 16.8 Å². The normalized spacial score (nSPS) is 10.8. The van der Waals surface area contributed by atoms with Crippen molar-refractivity contribution in [2.75, 3.05) is 0 Å². The number of aryl methyl sites for hydroxylation is 1. The van der Waals surface area contributed by atoms with Crippen LogP contribution in [0.3, 0.4) is 0 Å². The lowest BCUT2D eigenvalue weighted by atomic mass is 10.3. The molecule has 2 aromatic heterocycles. The Morgan fingerprint density at radius 2 is 2.00 bits per heavy atom. The zero-order valence-corrected chi connectivity index (χ0v) is 11.6. The Labute approximate surface area is 123 Å². The highest BCUT2D eigenvalue weighted by Gasteiger charge is 2.24. The summed E-state index contributed by atoms with van der Waals surface area (Å²) in [6.07, 6.45) is 2.97. The van der Waals surface area contributed by atoms with Gasteiger partial charge in [-0.05, 0) is 34.2 Å². The number of rotatable bonds is 3. The number of halogens is 1. The van der Waals surface area contributed by atoms with Crippen molar-refractivity contribution in [2.24, 2.45) is 7.05 Å². The standard InChI is InChI=1S/C12H9ClN6O2/c1-17-7-14-12(19(20)21)11(17)10-6-18(16-15-10)9-4-2-8(13)3-5-9/h2-7H,1H3. The lowest BCUT2D eigenvalue weighted by molar-refractivity contribution is -0.388. The highest BCUT2D eigenvalue weighted by atomic mass is 35.5. The molecule has 0 fully saturated rings. The van der Waals surface area contributed by atoms with Crippen LogP contribution in [-0.4, -0.2) is 29.5 Å². The van der Waals surface area contributed by atoms with Crippen LogP contribution in [0.15, 0.2) is 36.8 Å². The maximum Gasteiger partial charge on any atom is 0.391 e. The predicted octanol–water partition coefficient (Wildman–Crippen LogP) is 2.23. The third-order valence-electron chi connectivity index (χ3n) is 2.92. The molecule has 2 heterocycles. The molecule has 0 N–H and O–H groups in total. The van der Waals surface area contributed by atoms with E-state index in [1.54, 1.807) is 37.5 Å². The Morgan fingerprint density at radius 3 is 2.67 bits per heavy atom. The Bertz CT molecular complexity index is 808. The Balaban J connectivity index is 2.05. The molecule has 3 aromatic rings. The lowest BCUT2D eigenvalue weighted by Gasteiger charge is -1.99. The van der Waals surface area contributed by atoms with Gasteiger partial charge in [-0.25, -0.2) is 4.68 Å². The first-order valence-electron chi connectivity index (χ1n) is 5.90. The zero-order chi connectivity index (χ0) is 15.0. The quantitative estimate of drug-likeness (QED) is 0.546. The summed E-state index contributed by atoms with van der Waals surface area (Å²) in [7, 11) is 1.66. The number of nitro groups is 1. The van der Waals surface area contributed by atoms with Crippen LogP contribution in [0.4, 0.5) is 5.82 Å². The average molecular weight is 305 g/mol. The highest BCUT2D eigenvalue weighted by molar-refractivity contribution is 6.30. The van der Waals surface area contributed by atoms with E-state index in [1.807, 2.05) is 0 Å². The Hall–Kier alpha value is -2.74. The van der Waals surface area contributed by atoms with Gasteiger partial charge in [0.2, 0.25) is 6.33 Å². The van der Waals surface area contributed by atoms with E-state index in [1.165, 1.54) is 15.6 Å². The molecule has 9 heteroatoms. The first-order valence-corrected chi connectivity index (χ1v) is 6.28. The molecule has 0 atom stereocenters. The second kappa shape index (κ2) is 4.98. The van der Waals surface area contributed by atoms with Crippen LogP contribution in [-0.2, 0) is 7.05 Å². The van der Waals surface area contributed by atoms with Crippen LogP contribution in [0.5, 0.6) is 0 Å². The molecule has 0 aliphatic rings. The van der Waals surface area contributed by atoms with Crippen molar-refractivity contribution in [3.05, 3.63) is 51.9 Å². The van der Waals surface area contributed by atoms with Crippen LogP contribution in [0, 0.1) is 10.1 Å². The van der Waals surface area contributed by atoms with Crippen LogP contribution < -0.4 is 0 Å². The summed E-state index contributed by atoms with van der Waals surface area (Å²) in [5.41, 5.74) is 1.43. The molecule has 0 unspecified atom stereocenters. The molecule has 21 heavy (non-hydrogen) atoms. The molecule has 0 radical (unpaired) electrons. The number of hydrogen-bond donors (Lipinski definition) is 0. The van der Waals surface area contributed by atoms with E-state index < -0.39 is 4.92 Å². The third kappa shape index (κ3) is 2.36. The average Bonchev–Trinajstić information content (AvgIpc) is 3.05. The van der Waals surface area contributed by atoms with Crippen molar-refractivity contribution in [2.45, 2.75) is 0 Å². The number of aromatic nitrogens is 5. The van der Waals surface area contributed by atoms with E-state index >= 15 is 0 Å². The van der Waals surface area contributed by atoms with Gasteiger partial charge in [0.15, 0.2) is 5.69 Å². The smallest absolute Gasteiger partial charge is 0.358 e. The molecular weight excluding hydrogens is 296 g/mol. The molecule has 0 bridgehead atoms. The largest absolute Gasteiger partial charge is 0.391 e. The first-order chi connectivity index (χ1) is 10.1. The van der Waals surface area contributed by atoms with E-state index in [2.05, 4.69) is 15.3 Å². The van der Waals surface area contributed by atoms with E-state index in [0.29, 0.717) is 16.4 Å². The maximum absolute atomic E-state index is 11.0. The van der Waals surface area contributed by atoms with Gasteiger partial charge in [0.05, 0.1) is 11.9 Å². The Kier molecular flexibility index (Phi) is 3.15. The summed E-state index contributed by atoms with van der Waals surface area (Å²) >= 11 is 5.83. The maximum atomic E-state index is 11.0. The molecule has 3 rings (SSSR count). The number of imidazole rings is 1. The van der Waals surface area contributed by atoms with Crippen molar-refractivity contribution in [3.63, 3.8) is 0 Å². The van der Waals surface area contributed by atoms with Gasteiger partial charge in [-0.15, -0.1) is 5.10 Å². The fourth-order valence-corrected chi connectivity index (χ4v) is 2.07. The van der Waals surface area contributed by atoms with Gasteiger partial charge in [-0.3, -0.25) is 0 Å². The van der Waals surface area contributed by atoms with Crippen molar-refractivity contribution in [1.82, 2.24) is 24.5 Å². The minimum atomic E-state index is -0.545. The Morgan fingerprint density at radius 1 is 1.29 bits per heavy atom. The van der Waals surface area contributed by atoms with Gasteiger partial charge < -0.3 is 14.7 Å². The van der Waals surface area contributed by atoms with Crippen LogP contribution in [0.2, 0.25) is 5.02 Å². The summed E-state index contributed by atoms with van der Waals surface area (Å²) in [6.45, 7) is 0. The summed E-state index contributed by atoms with van der Waals surface area (Å²) in [4.78, 5) is 14.2. The number of nitrogens with zero attached hydrogens (tertiary/aromatic N) is 6. The predicted molar refractivity (Wildman–Crippen MR) is 75.2 cm³/mol. The van der Waals surface area contributed by atoms with Crippen molar-refractivity contribution in [3.8, 4) is 17.1 Å². The number of hydrogen-bond acceptors (Lipinski definition) is 5. The summed E-state index contributed by atoms with van der Waals surface area (Å²) in [5, 5.41) is 19.5. The van der Waals surface area contributed by atoms with Gasteiger partial charge in [0.25, 0.3) is 0 Å². The van der Waals surface area contributed by atoms with Crippen LogP contribution in [0.1, 0.15) is 0 Å². The van der Waals surface area contributed by atoms with Crippen LogP contribution in [0.25, 0.3) is 17.1 Å². The molecule has 0 spiro atoms. The van der Waals surface area contributed by atoms with Gasteiger partial charge in [0, 0.05) is 12.1 Å². The topological polar surface area (TPSA) is 91.7 Å². The second-order valence-corrected chi connectivity index (χ2v) is 4.75. The van der Waals surface area contributed by atoms with E-state index in [-0.39, 0.29) is 5.82 Å². The first kappa shape index (κ1) is 13.3. The molecule has 8 nitrogen and oxygen atoms in total. The SMILES string of the molecule is Cn1cnc([N+](=O)[O-])c1-c1cn(-c2ccc(Cl)cc2)nn1. The molecule has 0 saturated heterocycles. The van der Waals surface area contributed by atoms with Crippen molar-refractivity contribution < 1.29 is 4.92 Å². The minimum absolute atomic E-state index is 0.249. The fourth-order valence-electron chi connectivity index (χ4n) is 1.94. The van der Waals surface area contributed by atoms with E-state index in [0.717, 1.165) is 5.69 Å². The number of benzene rings is 1. The molecule has 0 amide bonds. The zero-order valence-electron chi connectivity index (χ0n) is 10.8. The summed E-state index contributed by atoms with van der Waals surface area (Å²) < 4.78 is 3.05. The van der Waals surface area contributed by atoms with Crippen molar-refractivity contribution in [1.29, 1.82) is 0 Å². The van der Waals surface area contributed by atoms with E-state index in [9.17, 15) is 10.1 Å². The molecule has 0 saturated carbocycles. The molecule has 0 aliphatic carbocycles. The highest BCUT2D eigenvalue weighted by Crippen LogP contribution is 2.26. The van der Waals surface area contributed by atoms with Crippen molar-refractivity contribution >= 4 is 17.4 Å². The van der Waals surface area contributed by atoms with Crippen LogP contribution >= 0.6 is 11.6 Å². The monoisotopic (exact) mass is 304 g/mol. The molecular formula is C12H9ClN6O2. The summed E-state index contributed by atoms with van der Waals surface area (Å²) in [6, 6.07) is 7.01. The lowest BCUT2D eigenvalue weighted by Crippen LogP contribution is -1.95. The van der Waals surface area contributed by atoms with Gasteiger partial charge in [0.1, 0.15) is 5.69 Å². The van der Waals surface area contributed by atoms with Gasteiger partial charge in [-0.2, -0.15) is 0 Å². The fraction of sp³-hybridized carbons (Fsp3) is 0.0833. The second-order valence-electron chi connectivity index (χ2n) is 4.31. The minimum Gasteiger partial charge on any atom is -0.358 e. The van der Waals surface area contributed by atoms with Gasteiger partial charge >= 0.3 is 5.82 Å².